The summed E-state index contributed by atoms with van der Waals surface area (Å²) in [6.45, 7) is 0. The van der Waals surface area contributed by atoms with Crippen LogP contribution in [0, 0.1) is 9.39 Å². The molecule has 2 nitrogen and oxygen atoms in total. The maximum atomic E-state index is 12.9. The molecule has 0 saturated carbocycles. The van der Waals surface area contributed by atoms with Gasteiger partial charge in [0.1, 0.15) is 11.6 Å². The third-order valence-corrected chi connectivity index (χ3v) is 2.23. The SMILES string of the molecule is COc1cc(F)c(I)cc1C=O. The molecule has 4 heteroatoms. The van der Waals surface area contributed by atoms with Crippen molar-refractivity contribution in [1.82, 2.24) is 0 Å². The van der Waals surface area contributed by atoms with Crippen LogP contribution in [0.25, 0.3) is 0 Å². The summed E-state index contributed by atoms with van der Waals surface area (Å²) < 4.78 is 18.1. The minimum atomic E-state index is -0.377. The molecule has 0 aliphatic heterocycles. The largest absolute Gasteiger partial charge is 0.496 e. The van der Waals surface area contributed by atoms with E-state index in [1.165, 1.54) is 19.2 Å². The Morgan fingerprint density at radius 3 is 2.75 bits per heavy atom. The van der Waals surface area contributed by atoms with Crippen LogP contribution in [0.5, 0.6) is 5.75 Å². The predicted molar refractivity (Wildman–Crippen MR) is 51.1 cm³/mol. The molecule has 0 spiro atoms. The number of aldehydes is 1. The molecule has 0 fully saturated rings. The molecular formula is C8H6FIO2. The van der Waals surface area contributed by atoms with E-state index < -0.39 is 0 Å². The van der Waals surface area contributed by atoms with Crippen molar-refractivity contribution in [2.45, 2.75) is 0 Å². The highest BCUT2D eigenvalue weighted by atomic mass is 127. The Balaban J connectivity index is 3.28. The molecule has 0 aliphatic rings. The lowest BCUT2D eigenvalue weighted by Crippen LogP contribution is -1.93. The number of ether oxygens (including phenoxy) is 1. The maximum Gasteiger partial charge on any atom is 0.153 e. The van der Waals surface area contributed by atoms with Crippen LogP contribution in [0.15, 0.2) is 12.1 Å². The predicted octanol–water partition coefficient (Wildman–Crippen LogP) is 2.25. The summed E-state index contributed by atoms with van der Waals surface area (Å²) in [4.78, 5) is 10.4. The van der Waals surface area contributed by atoms with Crippen molar-refractivity contribution in [3.63, 3.8) is 0 Å². The monoisotopic (exact) mass is 280 g/mol. The van der Waals surface area contributed by atoms with Crippen LogP contribution in [-0.4, -0.2) is 13.4 Å². The Hall–Kier alpha value is -0.650. The zero-order valence-corrected chi connectivity index (χ0v) is 8.46. The number of hydrogen-bond acceptors (Lipinski definition) is 2. The fourth-order valence-electron chi connectivity index (χ4n) is 0.813. The first-order valence-corrected chi connectivity index (χ1v) is 4.25. The van der Waals surface area contributed by atoms with E-state index in [-0.39, 0.29) is 11.6 Å². The lowest BCUT2D eigenvalue weighted by Gasteiger charge is -2.03. The standard InChI is InChI=1S/C8H6FIO2/c1-12-8-3-6(9)7(10)2-5(8)4-11/h2-4H,1H3. The minimum absolute atomic E-state index is 0.267. The van der Waals surface area contributed by atoms with E-state index >= 15 is 0 Å². The first-order chi connectivity index (χ1) is 5.69. The Kier molecular flexibility index (Phi) is 3.02. The van der Waals surface area contributed by atoms with Gasteiger partial charge >= 0.3 is 0 Å². The van der Waals surface area contributed by atoms with Gasteiger partial charge < -0.3 is 4.74 Å². The topological polar surface area (TPSA) is 26.3 Å². The van der Waals surface area contributed by atoms with Gasteiger partial charge in [0.05, 0.1) is 12.7 Å². The average molecular weight is 280 g/mol. The zero-order chi connectivity index (χ0) is 9.14. The molecule has 0 aromatic heterocycles. The van der Waals surface area contributed by atoms with Crippen LogP contribution in [-0.2, 0) is 0 Å². The maximum absolute atomic E-state index is 12.9. The van der Waals surface area contributed by atoms with E-state index in [0.717, 1.165) is 0 Å². The third kappa shape index (κ3) is 1.74. The summed E-state index contributed by atoms with van der Waals surface area (Å²) in [5.41, 5.74) is 0.364. The van der Waals surface area contributed by atoms with Gasteiger partial charge in [-0.3, -0.25) is 4.79 Å². The molecule has 0 heterocycles. The van der Waals surface area contributed by atoms with Crippen LogP contribution in [0.4, 0.5) is 4.39 Å². The van der Waals surface area contributed by atoms with Gasteiger partial charge in [-0.05, 0) is 28.7 Å². The van der Waals surface area contributed by atoms with E-state index in [1.54, 1.807) is 0 Å². The number of halogens is 2. The van der Waals surface area contributed by atoms with Gasteiger partial charge in [-0.25, -0.2) is 4.39 Å². The summed E-state index contributed by atoms with van der Waals surface area (Å²) in [6.07, 6.45) is 0.639. The third-order valence-electron chi connectivity index (χ3n) is 1.40. The lowest BCUT2D eigenvalue weighted by molar-refractivity contribution is 0.112. The molecule has 0 saturated heterocycles. The number of carbonyl (C=O) groups is 1. The van der Waals surface area contributed by atoms with Crippen LogP contribution in [0.3, 0.4) is 0 Å². The Morgan fingerprint density at radius 1 is 1.58 bits per heavy atom. The molecule has 64 valence electrons. The summed E-state index contributed by atoms with van der Waals surface area (Å²) in [7, 11) is 1.40. The fourth-order valence-corrected chi connectivity index (χ4v) is 1.30. The molecule has 0 unspecified atom stereocenters. The average Bonchev–Trinajstić information content (AvgIpc) is 2.09. The van der Waals surface area contributed by atoms with Gasteiger partial charge in [0.25, 0.3) is 0 Å². The van der Waals surface area contributed by atoms with Gasteiger partial charge in [0.2, 0.25) is 0 Å². The quantitative estimate of drug-likeness (QED) is 0.613. The number of hydrogen-bond donors (Lipinski definition) is 0. The van der Waals surface area contributed by atoms with Gasteiger partial charge in [-0.2, -0.15) is 0 Å². The molecule has 1 aromatic carbocycles. The molecule has 0 aliphatic carbocycles. The Bertz CT molecular complexity index is 312. The van der Waals surface area contributed by atoms with Crippen molar-refractivity contribution in [2.75, 3.05) is 7.11 Å². The van der Waals surface area contributed by atoms with E-state index in [1.807, 2.05) is 22.6 Å². The van der Waals surface area contributed by atoms with Gasteiger partial charge in [-0.15, -0.1) is 0 Å². The normalized spacial score (nSPS) is 9.58. The Labute approximate surface area is 82.9 Å². The molecule has 12 heavy (non-hydrogen) atoms. The molecule has 0 atom stereocenters. The number of rotatable bonds is 2. The van der Waals surface area contributed by atoms with E-state index in [2.05, 4.69) is 0 Å². The van der Waals surface area contributed by atoms with Crippen molar-refractivity contribution in [3.05, 3.63) is 27.1 Å². The van der Waals surface area contributed by atoms with E-state index in [0.29, 0.717) is 15.4 Å². The highest BCUT2D eigenvalue weighted by Crippen LogP contribution is 2.22. The van der Waals surface area contributed by atoms with Crippen molar-refractivity contribution >= 4 is 28.9 Å². The van der Waals surface area contributed by atoms with Crippen LogP contribution in [0.2, 0.25) is 0 Å². The summed E-state index contributed by atoms with van der Waals surface area (Å²) in [5.74, 6) is -0.110. The van der Waals surface area contributed by atoms with Crippen LogP contribution < -0.4 is 4.74 Å². The second-order valence-electron chi connectivity index (χ2n) is 2.13. The molecule has 0 radical (unpaired) electrons. The highest BCUT2D eigenvalue weighted by Gasteiger charge is 2.07. The van der Waals surface area contributed by atoms with Gasteiger partial charge in [0, 0.05) is 9.64 Å². The molecule has 0 amide bonds. The van der Waals surface area contributed by atoms with E-state index in [4.69, 9.17) is 4.74 Å². The first kappa shape index (κ1) is 9.44. The smallest absolute Gasteiger partial charge is 0.153 e. The summed E-state index contributed by atoms with van der Waals surface area (Å²) >= 11 is 1.82. The van der Waals surface area contributed by atoms with Crippen molar-refractivity contribution in [2.24, 2.45) is 0 Å². The fraction of sp³-hybridized carbons (Fsp3) is 0.125. The zero-order valence-electron chi connectivity index (χ0n) is 6.30. The van der Waals surface area contributed by atoms with Gasteiger partial charge in [0.15, 0.2) is 6.29 Å². The number of benzene rings is 1. The van der Waals surface area contributed by atoms with Crippen LogP contribution in [0.1, 0.15) is 10.4 Å². The van der Waals surface area contributed by atoms with E-state index in [9.17, 15) is 9.18 Å². The van der Waals surface area contributed by atoms with Crippen molar-refractivity contribution < 1.29 is 13.9 Å². The van der Waals surface area contributed by atoms with Crippen molar-refractivity contribution in [3.8, 4) is 5.75 Å². The molecular weight excluding hydrogens is 274 g/mol. The molecule has 0 N–H and O–H groups in total. The van der Waals surface area contributed by atoms with Crippen molar-refractivity contribution in [1.29, 1.82) is 0 Å². The first-order valence-electron chi connectivity index (χ1n) is 3.17. The molecule has 1 aromatic rings. The second-order valence-corrected chi connectivity index (χ2v) is 3.29. The minimum Gasteiger partial charge on any atom is -0.496 e. The summed E-state index contributed by atoms with van der Waals surface area (Å²) in [5, 5.41) is 0. The molecule has 0 bridgehead atoms. The number of carbonyl (C=O) groups excluding carboxylic acids is 1. The Morgan fingerprint density at radius 2 is 2.25 bits per heavy atom. The second kappa shape index (κ2) is 3.84. The molecule has 1 rings (SSSR count). The lowest BCUT2D eigenvalue weighted by atomic mass is 10.2. The summed E-state index contributed by atoms with van der Waals surface area (Å²) in [6, 6.07) is 2.65. The van der Waals surface area contributed by atoms with Gasteiger partial charge in [-0.1, -0.05) is 0 Å². The highest BCUT2D eigenvalue weighted by molar-refractivity contribution is 14.1. The number of methoxy groups -OCH3 is 1. The van der Waals surface area contributed by atoms with Crippen LogP contribution >= 0.6 is 22.6 Å².